The minimum Gasteiger partial charge on any atom is -0.356 e. The normalized spacial score (nSPS) is 20.3. The summed E-state index contributed by atoms with van der Waals surface area (Å²) in [5.74, 6) is -2.48. The highest BCUT2D eigenvalue weighted by atomic mass is 35.5. The first-order chi connectivity index (χ1) is 14.9. The first kappa shape index (κ1) is 22.6. The van der Waals surface area contributed by atoms with Gasteiger partial charge in [-0.15, -0.1) is 0 Å². The second-order valence-corrected chi connectivity index (χ2v) is 9.44. The van der Waals surface area contributed by atoms with E-state index in [0.717, 1.165) is 0 Å². The van der Waals surface area contributed by atoms with Gasteiger partial charge in [0.1, 0.15) is 0 Å². The fourth-order valence-corrected chi connectivity index (χ4v) is 4.78. The smallest absolute Gasteiger partial charge is 0.356 e. The number of hydrogen-bond donors (Lipinski definition) is 1. The molecule has 0 fully saturated rings. The first-order valence-electron chi connectivity index (χ1n) is 9.72. The molecule has 32 heavy (non-hydrogen) atoms. The Bertz CT molecular complexity index is 1160. The van der Waals surface area contributed by atoms with Crippen LogP contribution in [0.25, 0.3) is 0 Å². The third-order valence-corrected chi connectivity index (χ3v) is 6.08. The molecule has 0 radical (unpaired) electrons. The zero-order chi connectivity index (χ0) is 23.4. The highest BCUT2D eigenvalue weighted by Crippen LogP contribution is 2.50. The van der Waals surface area contributed by atoms with Crippen molar-refractivity contribution in [2.75, 3.05) is 10.2 Å². The number of ketones is 1. The fourth-order valence-electron chi connectivity index (χ4n) is 4.27. The Kier molecular flexibility index (Phi) is 5.49. The first-order valence-corrected chi connectivity index (χ1v) is 10.5. The molecule has 5 nitrogen and oxygen atoms in total. The zero-order valence-electron chi connectivity index (χ0n) is 17.1. The van der Waals surface area contributed by atoms with E-state index in [1.807, 2.05) is 13.8 Å². The van der Waals surface area contributed by atoms with E-state index in [4.69, 9.17) is 23.2 Å². The molecule has 1 aromatic heterocycles. The third-order valence-electron chi connectivity index (χ3n) is 5.51. The number of nitrogens with zero attached hydrogens (tertiary/aromatic N) is 2. The molecular weight excluding hydrogens is 466 g/mol. The van der Waals surface area contributed by atoms with Crippen molar-refractivity contribution >= 4 is 46.3 Å². The van der Waals surface area contributed by atoms with Crippen LogP contribution in [0, 0.1) is 5.41 Å². The van der Waals surface area contributed by atoms with Crippen molar-refractivity contribution < 1.29 is 22.8 Å². The van der Waals surface area contributed by atoms with Crippen molar-refractivity contribution in [2.45, 2.75) is 38.9 Å². The Hall–Kier alpha value is -2.58. The molecule has 4 rings (SSSR count). The van der Waals surface area contributed by atoms with Crippen molar-refractivity contribution in [3.05, 3.63) is 63.5 Å². The number of allylic oxidation sites excluding steroid dienone is 1. The molecule has 0 spiro atoms. The van der Waals surface area contributed by atoms with E-state index in [1.165, 1.54) is 36.7 Å². The van der Waals surface area contributed by atoms with Gasteiger partial charge in [-0.2, -0.15) is 13.2 Å². The van der Waals surface area contributed by atoms with Gasteiger partial charge in [0.25, 0.3) is 0 Å². The maximum absolute atomic E-state index is 13.8. The summed E-state index contributed by atoms with van der Waals surface area (Å²) >= 11 is 12.4. The summed E-state index contributed by atoms with van der Waals surface area (Å²) in [6.07, 6.45) is -2.09. The molecular formula is C22H18Cl2F3N3O2. The van der Waals surface area contributed by atoms with E-state index in [2.05, 4.69) is 10.3 Å². The largest absolute Gasteiger partial charge is 0.471 e. The Balaban J connectivity index is 2.07. The van der Waals surface area contributed by atoms with E-state index < -0.39 is 23.5 Å². The molecule has 0 saturated heterocycles. The van der Waals surface area contributed by atoms with Crippen molar-refractivity contribution in [3.8, 4) is 0 Å². The molecule has 1 atom stereocenters. The van der Waals surface area contributed by atoms with E-state index in [1.54, 1.807) is 0 Å². The van der Waals surface area contributed by atoms with E-state index in [0.29, 0.717) is 17.0 Å². The quantitative estimate of drug-likeness (QED) is 0.532. The summed E-state index contributed by atoms with van der Waals surface area (Å²) in [4.78, 5) is 30.6. The molecule has 2 heterocycles. The van der Waals surface area contributed by atoms with Gasteiger partial charge in [0, 0.05) is 33.9 Å². The van der Waals surface area contributed by atoms with Gasteiger partial charge < -0.3 is 5.32 Å². The molecule has 1 aliphatic heterocycles. The maximum atomic E-state index is 13.8. The number of fused-ring (bicyclic) bond motifs is 1. The highest BCUT2D eigenvalue weighted by molar-refractivity contribution is 6.35. The summed E-state index contributed by atoms with van der Waals surface area (Å²) in [6.45, 7) is 3.79. The molecule has 10 heteroatoms. The van der Waals surface area contributed by atoms with Crippen LogP contribution < -0.4 is 10.2 Å². The highest BCUT2D eigenvalue weighted by Gasteiger charge is 2.50. The lowest BCUT2D eigenvalue weighted by molar-refractivity contribution is -0.170. The van der Waals surface area contributed by atoms with Crippen LogP contribution in [-0.4, -0.2) is 22.9 Å². The van der Waals surface area contributed by atoms with Crippen molar-refractivity contribution in [1.29, 1.82) is 0 Å². The second-order valence-electron chi connectivity index (χ2n) is 8.59. The lowest BCUT2D eigenvalue weighted by Gasteiger charge is -2.37. The number of Topliss-reactive ketones (excluding diaryl/α,β-unsaturated/α-hetero) is 1. The topological polar surface area (TPSA) is 62.3 Å². The van der Waals surface area contributed by atoms with E-state index >= 15 is 0 Å². The maximum Gasteiger partial charge on any atom is 0.471 e. The van der Waals surface area contributed by atoms with Gasteiger partial charge in [0.2, 0.25) is 0 Å². The van der Waals surface area contributed by atoms with Crippen molar-refractivity contribution in [3.63, 3.8) is 0 Å². The number of alkyl halides is 3. The zero-order valence-corrected chi connectivity index (χ0v) is 18.6. The molecule has 1 aliphatic carbocycles. The number of halogens is 5. The summed E-state index contributed by atoms with van der Waals surface area (Å²) in [6, 6.07) is 4.18. The molecule has 1 N–H and O–H groups in total. The van der Waals surface area contributed by atoms with Crippen LogP contribution in [-0.2, 0) is 9.59 Å². The summed E-state index contributed by atoms with van der Waals surface area (Å²) in [5, 5.41) is 3.40. The third kappa shape index (κ3) is 3.97. The molecule has 0 bridgehead atoms. The van der Waals surface area contributed by atoms with Crippen LogP contribution in [0.5, 0.6) is 0 Å². The van der Waals surface area contributed by atoms with Crippen molar-refractivity contribution in [1.82, 2.24) is 4.98 Å². The van der Waals surface area contributed by atoms with Gasteiger partial charge in [-0.1, -0.05) is 43.1 Å². The van der Waals surface area contributed by atoms with Crippen LogP contribution in [0.1, 0.15) is 38.3 Å². The number of amides is 1. The number of carbonyl (C=O) groups is 2. The Morgan fingerprint density at radius 2 is 1.94 bits per heavy atom. The van der Waals surface area contributed by atoms with Gasteiger partial charge in [-0.25, -0.2) is 0 Å². The second kappa shape index (κ2) is 7.78. The number of aromatic nitrogens is 1. The number of rotatable bonds is 1. The molecule has 1 unspecified atom stereocenters. The van der Waals surface area contributed by atoms with Crippen LogP contribution in [0.4, 0.5) is 24.5 Å². The number of hydrogen-bond acceptors (Lipinski definition) is 4. The minimum atomic E-state index is -5.19. The number of benzene rings is 1. The van der Waals surface area contributed by atoms with Crippen LogP contribution >= 0.6 is 23.2 Å². The Morgan fingerprint density at radius 3 is 2.59 bits per heavy atom. The average molecular weight is 484 g/mol. The molecule has 168 valence electrons. The van der Waals surface area contributed by atoms with Crippen molar-refractivity contribution in [2.24, 2.45) is 5.41 Å². The van der Waals surface area contributed by atoms with Crippen LogP contribution in [0.3, 0.4) is 0 Å². The fraction of sp³-hybridized carbons (Fsp3) is 0.318. The molecule has 1 amide bonds. The average Bonchev–Trinajstić information content (AvgIpc) is 2.80. The van der Waals surface area contributed by atoms with Gasteiger partial charge in [0.15, 0.2) is 5.78 Å². The van der Waals surface area contributed by atoms with Gasteiger partial charge in [-0.05, 0) is 35.6 Å². The lowest BCUT2D eigenvalue weighted by Crippen LogP contribution is -2.45. The van der Waals surface area contributed by atoms with E-state index in [9.17, 15) is 22.8 Å². The minimum absolute atomic E-state index is 0.0458. The molecule has 1 aromatic carbocycles. The Labute approximate surface area is 192 Å². The number of pyridine rings is 1. The molecule has 2 aromatic rings. The standard InChI is InChI=1S/C22H18Cl2F3N3O2/c1-21(2)8-14-18(17(31)9-21)19(12-4-3-11(23)7-13(12)24)30(20(32)22(25,26)27)16-5-6-28-10-15(16)29-14/h3-7,10,19,29H,8-9H2,1-2H3. The Morgan fingerprint density at radius 1 is 1.22 bits per heavy atom. The van der Waals surface area contributed by atoms with Crippen LogP contribution in [0.2, 0.25) is 10.0 Å². The van der Waals surface area contributed by atoms with Gasteiger partial charge in [-0.3, -0.25) is 19.5 Å². The number of anilines is 2. The predicted molar refractivity (Wildman–Crippen MR) is 116 cm³/mol. The molecule has 2 aliphatic rings. The van der Waals surface area contributed by atoms with Gasteiger partial charge >= 0.3 is 12.1 Å². The summed E-state index contributed by atoms with van der Waals surface area (Å²) in [5.41, 5.74) is 0.383. The number of carbonyl (C=O) groups excluding carboxylic acids is 2. The summed E-state index contributed by atoms with van der Waals surface area (Å²) in [7, 11) is 0. The van der Waals surface area contributed by atoms with Crippen LogP contribution in [0.15, 0.2) is 47.9 Å². The summed E-state index contributed by atoms with van der Waals surface area (Å²) < 4.78 is 41.3. The van der Waals surface area contributed by atoms with Gasteiger partial charge in [0.05, 0.1) is 23.6 Å². The monoisotopic (exact) mass is 483 g/mol. The predicted octanol–water partition coefficient (Wildman–Crippen LogP) is 6.09. The number of nitrogens with one attached hydrogen (secondary N) is 1. The SMILES string of the molecule is CC1(C)CC(=O)C2=C(C1)Nc1cnccc1N(C(=O)C(F)(F)F)C2c1ccc(Cl)cc1Cl. The van der Waals surface area contributed by atoms with E-state index in [-0.39, 0.29) is 44.8 Å². The lowest BCUT2D eigenvalue weighted by atomic mass is 9.73. The molecule has 0 saturated carbocycles.